The Balaban J connectivity index is 4.03. The molecule has 0 bridgehead atoms. The maximum Gasteiger partial charge on any atom is 0.363 e. The van der Waals surface area contributed by atoms with Crippen LogP contribution in [0, 0.1) is 0 Å². The minimum atomic E-state index is -2.76. The van der Waals surface area contributed by atoms with Crippen LogP contribution < -0.4 is 0 Å². The molecular formula is C5H8O6. The van der Waals surface area contributed by atoms with Crippen molar-refractivity contribution in [2.24, 2.45) is 0 Å². The molecule has 11 heavy (non-hydrogen) atoms. The van der Waals surface area contributed by atoms with E-state index in [4.69, 9.17) is 10.2 Å². The van der Waals surface area contributed by atoms with Gasteiger partial charge in [-0.3, -0.25) is 9.59 Å². The predicted octanol–water partition coefficient (Wildman–Crippen LogP) is -1.64. The smallest absolute Gasteiger partial charge is 0.363 e. The van der Waals surface area contributed by atoms with E-state index < -0.39 is 12.1 Å². The highest BCUT2D eigenvalue weighted by molar-refractivity contribution is 5.39. The first-order valence-electron chi connectivity index (χ1n) is 2.70. The summed E-state index contributed by atoms with van der Waals surface area (Å²) in [6.07, 6.45) is -1.33. The molecule has 0 saturated carbocycles. The molecule has 0 aromatic carbocycles. The normalized spacial score (nSPS) is 13.4. The van der Waals surface area contributed by atoms with Gasteiger partial charge in [0.25, 0.3) is 12.9 Å². The summed E-state index contributed by atoms with van der Waals surface area (Å²) in [6.45, 7) is 1.00. The number of ether oxygens (including phenoxy) is 2. The fourth-order valence-electron chi connectivity index (χ4n) is 0.339. The lowest BCUT2D eigenvalue weighted by Gasteiger charge is -2.23. The summed E-state index contributed by atoms with van der Waals surface area (Å²) in [6, 6.07) is 0. The van der Waals surface area contributed by atoms with Gasteiger partial charge in [-0.15, -0.1) is 0 Å². The zero-order chi connectivity index (χ0) is 8.91. The summed E-state index contributed by atoms with van der Waals surface area (Å²) in [4.78, 5) is 19.3. The van der Waals surface area contributed by atoms with E-state index in [1.807, 2.05) is 0 Å². The first kappa shape index (κ1) is 9.86. The lowest BCUT2D eigenvalue weighted by Crippen LogP contribution is -2.44. The van der Waals surface area contributed by atoms with E-state index in [1.54, 1.807) is 0 Å². The Bertz CT molecular complexity index is 142. The quantitative estimate of drug-likeness (QED) is 0.374. The van der Waals surface area contributed by atoms with Crippen molar-refractivity contribution in [2.75, 3.05) is 0 Å². The van der Waals surface area contributed by atoms with Gasteiger partial charge in [-0.1, -0.05) is 0 Å². The van der Waals surface area contributed by atoms with Crippen LogP contribution in [0.15, 0.2) is 0 Å². The zero-order valence-electron chi connectivity index (χ0n) is 5.76. The Morgan fingerprint density at radius 1 is 1.36 bits per heavy atom. The monoisotopic (exact) mass is 164 g/mol. The van der Waals surface area contributed by atoms with Gasteiger partial charge in [-0.25, -0.2) is 0 Å². The molecule has 64 valence electrons. The molecule has 6 nitrogen and oxygen atoms in total. The second-order valence-corrected chi connectivity index (χ2v) is 1.75. The average Bonchev–Trinajstić information content (AvgIpc) is 1.88. The van der Waals surface area contributed by atoms with Crippen molar-refractivity contribution in [3.05, 3.63) is 0 Å². The standard InChI is InChI=1S/C5H8O6/c1-4(10-2-6)5(8,9)11-3-7/h2-4,8-9H,1H3. The summed E-state index contributed by atoms with van der Waals surface area (Å²) >= 11 is 0. The van der Waals surface area contributed by atoms with Gasteiger partial charge >= 0.3 is 5.97 Å². The highest BCUT2D eigenvalue weighted by atomic mass is 16.8. The van der Waals surface area contributed by atoms with Crippen molar-refractivity contribution in [1.29, 1.82) is 0 Å². The number of rotatable bonds is 5. The molecule has 0 rings (SSSR count). The number of carbonyl (C=O) groups is 2. The fourth-order valence-corrected chi connectivity index (χ4v) is 0.339. The van der Waals surface area contributed by atoms with Gasteiger partial charge in [0.15, 0.2) is 6.10 Å². The Morgan fingerprint density at radius 3 is 2.27 bits per heavy atom. The third-order valence-electron chi connectivity index (χ3n) is 1.01. The molecule has 0 fully saturated rings. The molecule has 0 aromatic heterocycles. The molecule has 6 heteroatoms. The van der Waals surface area contributed by atoms with Crippen molar-refractivity contribution in [3.8, 4) is 0 Å². The largest absolute Gasteiger partial charge is 0.455 e. The van der Waals surface area contributed by atoms with E-state index in [9.17, 15) is 9.59 Å². The lowest BCUT2D eigenvalue weighted by atomic mass is 10.3. The van der Waals surface area contributed by atoms with Gasteiger partial charge in [0, 0.05) is 0 Å². The summed E-state index contributed by atoms with van der Waals surface area (Å²) in [7, 11) is 0. The van der Waals surface area contributed by atoms with Gasteiger partial charge in [0.1, 0.15) is 0 Å². The van der Waals surface area contributed by atoms with E-state index in [1.165, 1.54) is 0 Å². The molecule has 0 radical (unpaired) electrons. The van der Waals surface area contributed by atoms with Gasteiger partial charge in [0.2, 0.25) is 0 Å². The molecule has 0 spiro atoms. The third-order valence-corrected chi connectivity index (χ3v) is 1.01. The van der Waals surface area contributed by atoms with Crippen molar-refractivity contribution in [2.45, 2.75) is 19.0 Å². The van der Waals surface area contributed by atoms with Crippen LogP contribution in [0.2, 0.25) is 0 Å². The molecule has 0 saturated heterocycles. The van der Waals surface area contributed by atoms with Gasteiger partial charge in [-0.2, -0.15) is 0 Å². The summed E-state index contributed by atoms with van der Waals surface area (Å²) < 4.78 is 7.89. The molecule has 0 aromatic rings. The summed E-state index contributed by atoms with van der Waals surface area (Å²) in [5.74, 6) is -2.76. The van der Waals surface area contributed by atoms with E-state index in [0.29, 0.717) is 0 Å². The maximum absolute atomic E-state index is 9.68. The second kappa shape index (κ2) is 3.89. The minimum Gasteiger partial charge on any atom is -0.455 e. The SMILES string of the molecule is CC(OC=O)C(O)(O)OC=O. The van der Waals surface area contributed by atoms with E-state index in [2.05, 4.69) is 9.47 Å². The molecule has 0 aliphatic heterocycles. The Hall–Kier alpha value is -1.14. The predicted molar refractivity (Wildman–Crippen MR) is 30.9 cm³/mol. The van der Waals surface area contributed by atoms with Crippen molar-refractivity contribution in [3.63, 3.8) is 0 Å². The lowest BCUT2D eigenvalue weighted by molar-refractivity contribution is -0.349. The molecule has 0 aliphatic rings. The number of hydrogen-bond acceptors (Lipinski definition) is 6. The Morgan fingerprint density at radius 2 is 1.91 bits per heavy atom. The van der Waals surface area contributed by atoms with Crippen LogP contribution in [-0.2, 0) is 19.1 Å². The van der Waals surface area contributed by atoms with Crippen molar-refractivity contribution < 1.29 is 29.3 Å². The van der Waals surface area contributed by atoms with Crippen LogP contribution in [0.5, 0.6) is 0 Å². The highest BCUT2D eigenvalue weighted by Gasteiger charge is 2.35. The van der Waals surface area contributed by atoms with E-state index >= 15 is 0 Å². The molecule has 0 amide bonds. The van der Waals surface area contributed by atoms with Gasteiger partial charge in [-0.05, 0) is 6.92 Å². The summed E-state index contributed by atoms with van der Waals surface area (Å²) in [5, 5.41) is 17.5. The Kier molecular flexibility index (Phi) is 3.49. The van der Waals surface area contributed by atoms with E-state index in [0.717, 1.165) is 6.92 Å². The fraction of sp³-hybridized carbons (Fsp3) is 0.600. The highest BCUT2D eigenvalue weighted by Crippen LogP contribution is 2.09. The third kappa shape index (κ3) is 2.96. The van der Waals surface area contributed by atoms with Crippen LogP contribution in [0.25, 0.3) is 0 Å². The second-order valence-electron chi connectivity index (χ2n) is 1.75. The van der Waals surface area contributed by atoms with Gasteiger partial charge in [0.05, 0.1) is 0 Å². The number of hydrogen-bond donors (Lipinski definition) is 2. The number of carbonyl (C=O) groups excluding carboxylic acids is 2. The first-order chi connectivity index (χ1) is 5.04. The molecule has 2 N–H and O–H groups in total. The molecule has 0 aliphatic carbocycles. The first-order valence-corrected chi connectivity index (χ1v) is 2.70. The van der Waals surface area contributed by atoms with Crippen LogP contribution in [0.4, 0.5) is 0 Å². The molecule has 1 atom stereocenters. The van der Waals surface area contributed by atoms with Crippen LogP contribution in [0.3, 0.4) is 0 Å². The van der Waals surface area contributed by atoms with Crippen molar-refractivity contribution in [1.82, 2.24) is 0 Å². The van der Waals surface area contributed by atoms with Crippen LogP contribution >= 0.6 is 0 Å². The van der Waals surface area contributed by atoms with Crippen molar-refractivity contribution >= 4 is 12.9 Å². The van der Waals surface area contributed by atoms with Crippen LogP contribution in [-0.4, -0.2) is 35.2 Å². The average molecular weight is 164 g/mol. The summed E-state index contributed by atoms with van der Waals surface area (Å²) in [5.41, 5.74) is 0. The maximum atomic E-state index is 9.68. The minimum absolute atomic E-state index is 0.0139. The van der Waals surface area contributed by atoms with E-state index in [-0.39, 0.29) is 12.9 Å². The van der Waals surface area contributed by atoms with Gasteiger partial charge < -0.3 is 19.7 Å². The molecular weight excluding hydrogens is 156 g/mol. The molecule has 1 unspecified atom stereocenters. The number of aliphatic hydroxyl groups is 2. The Labute approximate surface area is 62.3 Å². The zero-order valence-corrected chi connectivity index (χ0v) is 5.76. The molecule has 0 heterocycles. The topological polar surface area (TPSA) is 93.1 Å². The van der Waals surface area contributed by atoms with Crippen LogP contribution in [0.1, 0.15) is 6.92 Å².